The van der Waals surface area contributed by atoms with Crippen LogP contribution in [0.25, 0.3) is 0 Å². The highest BCUT2D eigenvalue weighted by atomic mass is 16.5. The SMILES string of the molecule is COc1ccc(C)cc1NC(=O)COc1ccc(C#N)cc1OC. The first-order chi connectivity index (χ1) is 11.6. The lowest BCUT2D eigenvalue weighted by Gasteiger charge is -2.13. The molecule has 0 bridgehead atoms. The molecule has 0 heterocycles. The maximum atomic E-state index is 12.1. The van der Waals surface area contributed by atoms with Crippen LogP contribution in [-0.4, -0.2) is 26.7 Å². The van der Waals surface area contributed by atoms with Crippen LogP contribution in [0.4, 0.5) is 5.69 Å². The zero-order chi connectivity index (χ0) is 17.5. The largest absolute Gasteiger partial charge is 0.495 e. The summed E-state index contributed by atoms with van der Waals surface area (Å²) >= 11 is 0. The van der Waals surface area contributed by atoms with Crippen LogP contribution in [0.2, 0.25) is 0 Å². The summed E-state index contributed by atoms with van der Waals surface area (Å²) in [5.41, 5.74) is 2.03. The molecule has 0 saturated carbocycles. The number of ether oxygens (including phenoxy) is 3. The van der Waals surface area contributed by atoms with E-state index in [0.717, 1.165) is 5.56 Å². The van der Waals surface area contributed by atoms with Gasteiger partial charge < -0.3 is 19.5 Å². The lowest BCUT2D eigenvalue weighted by Crippen LogP contribution is -2.20. The van der Waals surface area contributed by atoms with Gasteiger partial charge in [0, 0.05) is 6.07 Å². The van der Waals surface area contributed by atoms with E-state index in [1.807, 2.05) is 25.1 Å². The Hall–Kier alpha value is -3.20. The third-order valence-corrected chi connectivity index (χ3v) is 3.28. The van der Waals surface area contributed by atoms with Crippen LogP contribution in [0.15, 0.2) is 36.4 Å². The first-order valence-electron chi connectivity index (χ1n) is 7.22. The molecule has 2 rings (SSSR count). The Kier molecular flexibility index (Phi) is 5.63. The highest BCUT2D eigenvalue weighted by molar-refractivity contribution is 5.93. The molecule has 0 atom stereocenters. The highest BCUT2D eigenvalue weighted by Gasteiger charge is 2.11. The Morgan fingerprint density at radius 3 is 2.46 bits per heavy atom. The molecule has 0 spiro atoms. The van der Waals surface area contributed by atoms with Crippen molar-refractivity contribution in [3.8, 4) is 23.3 Å². The summed E-state index contributed by atoms with van der Waals surface area (Å²) in [5, 5.41) is 11.6. The van der Waals surface area contributed by atoms with E-state index in [-0.39, 0.29) is 12.5 Å². The van der Waals surface area contributed by atoms with Gasteiger partial charge in [0.1, 0.15) is 5.75 Å². The minimum atomic E-state index is -0.328. The monoisotopic (exact) mass is 326 g/mol. The predicted octanol–water partition coefficient (Wildman–Crippen LogP) is 2.90. The minimum Gasteiger partial charge on any atom is -0.495 e. The van der Waals surface area contributed by atoms with Gasteiger partial charge in [0.15, 0.2) is 18.1 Å². The molecule has 6 nitrogen and oxygen atoms in total. The van der Waals surface area contributed by atoms with Crippen molar-refractivity contribution >= 4 is 11.6 Å². The van der Waals surface area contributed by atoms with Gasteiger partial charge in [-0.15, -0.1) is 0 Å². The number of hydrogen-bond donors (Lipinski definition) is 1. The van der Waals surface area contributed by atoms with Crippen molar-refractivity contribution in [1.82, 2.24) is 0 Å². The zero-order valence-corrected chi connectivity index (χ0v) is 13.8. The fourth-order valence-corrected chi connectivity index (χ4v) is 2.11. The highest BCUT2D eigenvalue weighted by Crippen LogP contribution is 2.28. The van der Waals surface area contributed by atoms with Gasteiger partial charge in [-0.25, -0.2) is 0 Å². The lowest BCUT2D eigenvalue weighted by molar-refractivity contribution is -0.118. The van der Waals surface area contributed by atoms with Crippen molar-refractivity contribution in [2.45, 2.75) is 6.92 Å². The van der Waals surface area contributed by atoms with Crippen LogP contribution in [0.5, 0.6) is 17.2 Å². The van der Waals surface area contributed by atoms with Crippen LogP contribution in [0.3, 0.4) is 0 Å². The molecule has 1 amide bonds. The third-order valence-electron chi connectivity index (χ3n) is 3.28. The average Bonchev–Trinajstić information content (AvgIpc) is 2.60. The molecule has 0 aliphatic carbocycles. The number of nitrogens with one attached hydrogen (secondary N) is 1. The molecule has 124 valence electrons. The fraction of sp³-hybridized carbons (Fsp3) is 0.222. The first-order valence-corrected chi connectivity index (χ1v) is 7.22. The van der Waals surface area contributed by atoms with Crippen LogP contribution in [0, 0.1) is 18.3 Å². The van der Waals surface area contributed by atoms with E-state index >= 15 is 0 Å². The molecule has 0 aliphatic heterocycles. The number of anilines is 1. The summed E-state index contributed by atoms with van der Waals surface area (Å²) in [6.07, 6.45) is 0. The molecule has 1 N–H and O–H groups in total. The molecular weight excluding hydrogens is 308 g/mol. The van der Waals surface area contributed by atoms with E-state index in [2.05, 4.69) is 5.32 Å². The summed E-state index contributed by atoms with van der Waals surface area (Å²) in [6, 6.07) is 12.3. The topological polar surface area (TPSA) is 80.6 Å². The van der Waals surface area contributed by atoms with Gasteiger partial charge in [0.05, 0.1) is 31.5 Å². The molecule has 0 aliphatic rings. The maximum absolute atomic E-state index is 12.1. The molecule has 0 radical (unpaired) electrons. The van der Waals surface area contributed by atoms with E-state index in [1.54, 1.807) is 31.4 Å². The summed E-state index contributed by atoms with van der Waals surface area (Å²) < 4.78 is 15.9. The van der Waals surface area contributed by atoms with Crippen molar-refractivity contribution < 1.29 is 19.0 Å². The predicted molar refractivity (Wildman–Crippen MR) is 89.6 cm³/mol. The molecule has 0 fully saturated rings. The van der Waals surface area contributed by atoms with Crippen LogP contribution >= 0.6 is 0 Å². The normalized spacial score (nSPS) is 9.75. The second-order valence-electron chi connectivity index (χ2n) is 5.02. The fourth-order valence-electron chi connectivity index (χ4n) is 2.11. The smallest absolute Gasteiger partial charge is 0.262 e. The maximum Gasteiger partial charge on any atom is 0.262 e. The van der Waals surface area contributed by atoms with Crippen molar-refractivity contribution in [3.05, 3.63) is 47.5 Å². The Balaban J connectivity index is 2.04. The zero-order valence-electron chi connectivity index (χ0n) is 13.8. The van der Waals surface area contributed by atoms with E-state index in [4.69, 9.17) is 19.5 Å². The van der Waals surface area contributed by atoms with Crippen molar-refractivity contribution in [1.29, 1.82) is 5.26 Å². The molecule has 0 saturated heterocycles. The van der Waals surface area contributed by atoms with Gasteiger partial charge >= 0.3 is 0 Å². The molecule has 0 aromatic heterocycles. The molecule has 2 aromatic rings. The number of amides is 1. The van der Waals surface area contributed by atoms with Crippen LogP contribution < -0.4 is 19.5 Å². The van der Waals surface area contributed by atoms with Gasteiger partial charge in [-0.1, -0.05) is 6.07 Å². The number of carbonyl (C=O) groups is 1. The quantitative estimate of drug-likeness (QED) is 0.883. The number of rotatable bonds is 6. The Labute approximate surface area is 140 Å². The molecule has 24 heavy (non-hydrogen) atoms. The number of nitriles is 1. The molecular formula is C18H18N2O4. The molecule has 0 unspecified atom stereocenters. The van der Waals surface area contributed by atoms with Crippen LogP contribution in [0.1, 0.15) is 11.1 Å². The Bertz CT molecular complexity index is 781. The van der Waals surface area contributed by atoms with Gasteiger partial charge in [-0.3, -0.25) is 4.79 Å². The number of aryl methyl sites for hydroxylation is 1. The standard InChI is InChI=1S/C18H18N2O4/c1-12-4-6-15(22-2)14(8-12)20-18(21)11-24-16-7-5-13(10-19)9-17(16)23-3/h4-9H,11H2,1-3H3,(H,20,21). The summed E-state index contributed by atoms with van der Waals surface area (Å²) in [4.78, 5) is 12.1. The number of nitrogens with zero attached hydrogens (tertiary/aromatic N) is 1. The number of methoxy groups -OCH3 is 2. The Morgan fingerprint density at radius 2 is 1.79 bits per heavy atom. The summed E-state index contributed by atoms with van der Waals surface area (Å²) in [7, 11) is 3.01. The van der Waals surface area contributed by atoms with Gasteiger partial charge in [0.2, 0.25) is 0 Å². The van der Waals surface area contributed by atoms with Crippen LogP contribution in [-0.2, 0) is 4.79 Å². The third kappa shape index (κ3) is 4.17. The Morgan fingerprint density at radius 1 is 1.08 bits per heavy atom. The van der Waals surface area contributed by atoms with E-state index in [1.165, 1.54) is 7.11 Å². The van der Waals surface area contributed by atoms with Crippen molar-refractivity contribution in [2.24, 2.45) is 0 Å². The van der Waals surface area contributed by atoms with E-state index < -0.39 is 0 Å². The van der Waals surface area contributed by atoms with Crippen molar-refractivity contribution in [3.63, 3.8) is 0 Å². The van der Waals surface area contributed by atoms with Gasteiger partial charge in [-0.2, -0.15) is 5.26 Å². The van der Waals surface area contributed by atoms with Gasteiger partial charge in [-0.05, 0) is 36.8 Å². The van der Waals surface area contributed by atoms with Gasteiger partial charge in [0.25, 0.3) is 5.91 Å². The minimum absolute atomic E-state index is 0.195. The molecule has 6 heteroatoms. The number of hydrogen-bond acceptors (Lipinski definition) is 5. The lowest BCUT2D eigenvalue weighted by atomic mass is 10.2. The summed E-state index contributed by atoms with van der Waals surface area (Å²) in [5.74, 6) is 1.04. The second-order valence-corrected chi connectivity index (χ2v) is 5.02. The summed E-state index contributed by atoms with van der Waals surface area (Å²) in [6.45, 7) is 1.73. The average molecular weight is 326 g/mol. The van der Waals surface area contributed by atoms with Crippen molar-refractivity contribution in [2.75, 3.05) is 26.1 Å². The first kappa shape index (κ1) is 17.2. The van der Waals surface area contributed by atoms with E-state index in [9.17, 15) is 4.79 Å². The number of carbonyl (C=O) groups excluding carboxylic acids is 1. The number of benzene rings is 2. The van der Waals surface area contributed by atoms with E-state index in [0.29, 0.717) is 28.5 Å². The second kappa shape index (κ2) is 7.88. The molecule has 2 aromatic carbocycles.